The van der Waals surface area contributed by atoms with Gasteiger partial charge in [0.25, 0.3) is 5.91 Å². The lowest BCUT2D eigenvalue weighted by molar-refractivity contribution is 0.0721. The van der Waals surface area contributed by atoms with E-state index < -0.39 is 0 Å². The third kappa shape index (κ3) is 3.89. The maximum absolute atomic E-state index is 13.3. The molecule has 0 radical (unpaired) electrons. The lowest BCUT2D eigenvalue weighted by atomic mass is 10.1. The van der Waals surface area contributed by atoms with Gasteiger partial charge >= 0.3 is 0 Å². The van der Waals surface area contributed by atoms with E-state index in [1.54, 1.807) is 14.2 Å². The van der Waals surface area contributed by atoms with Gasteiger partial charge in [0.1, 0.15) is 11.5 Å². The Labute approximate surface area is 164 Å². The summed E-state index contributed by atoms with van der Waals surface area (Å²) in [5, 5.41) is 10.7. The predicted molar refractivity (Wildman–Crippen MR) is 104 cm³/mol. The molecule has 2 N–H and O–H groups in total. The van der Waals surface area contributed by atoms with Gasteiger partial charge in [0, 0.05) is 42.4 Å². The standard InChI is InChI=1S/C19H24N4O3.ClH/c1-25-14-5-6-17(26-2)12(9-14)11-23(13-3-4-13)19(24)18-15-10-20-8-7-16(15)21-22-18;/h5-6,9,13,20H,3-4,7-8,10-11H2,1-2H3,(H,21,22);1H. The number of nitrogens with one attached hydrogen (secondary N) is 2. The van der Waals surface area contributed by atoms with Crippen molar-refractivity contribution < 1.29 is 14.3 Å². The Morgan fingerprint density at radius 3 is 2.81 bits per heavy atom. The molecule has 4 rings (SSSR count). The lowest BCUT2D eigenvalue weighted by Gasteiger charge is -2.24. The van der Waals surface area contributed by atoms with Crippen LogP contribution in [-0.2, 0) is 19.5 Å². The second-order valence-electron chi connectivity index (χ2n) is 6.80. The number of hydrogen-bond acceptors (Lipinski definition) is 5. The quantitative estimate of drug-likeness (QED) is 0.788. The van der Waals surface area contributed by atoms with E-state index >= 15 is 0 Å². The van der Waals surface area contributed by atoms with Crippen molar-refractivity contribution in [2.24, 2.45) is 0 Å². The zero-order chi connectivity index (χ0) is 18.1. The van der Waals surface area contributed by atoms with Gasteiger partial charge in [0.05, 0.1) is 20.8 Å². The Morgan fingerprint density at radius 1 is 1.30 bits per heavy atom. The largest absolute Gasteiger partial charge is 0.497 e. The molecule has 0 spiro atoms. The van der Waals surface area contributed by atoms with Crippen molar-refractivity contribution in [2.45, 2.75) is 38.4 Å². The Balaban J connectivity index is 0.00000210. The average molecular weight is 393 g/mol. The SMILES string of the molecule is COc1ccc(OC)c(CN(C(=O)c2n[nH]c3c2CNCC3)C2CC2)c1.Cl. The van der Waals surface area contributed by atoms with Gasteiger partial charge in [-0.25, -0.2) is 0 Å². The van der Waals surface area contributed by atoms with Gasteiger partial charge in [-0.15, -0.1) is 12.4 Å². The summed E-state index contributed by atoms with van der Waals surface area (Å²) in [4.78, 5) is 15.2. The molecule has 0 saturated heterocycles. The number of hydrogen-bond donors (Lipinski definition) is 2. The van der Waals surface area contributed by atoms with Crippen molar-refractivity contribution in [1.29, 1.82) is 0 Å². The smallest absolute Gasteiger partial charge is 0.275 e. The summed E-state index contributed by atoms with van der Waals surface area (Å²) >= 11 is 0. The molecule has 7 nitrogen and oxygen atoms in total. The van der Waals surface area contributed by atoms with Crippen molar-refractivity contribution in [3.8, 4) is 11.5 Å². The topological polar surface area (TPSA) is 79.5 Å². The number of amides is 1. The fourth-order valence-electron chi connectivity index (χ4n) is 3.48. The molecule has 2 heterocycles. The van der Waals surface area contributed by atoms with Crippen LogP contribution in [0.3, 0.4) is 0 Å². The lowest BCUT2D eigenvalue weighted by Crippen LogP contribution is -2.34. The van der Waals surface area contributed by atoms with E-state index in [2.05, 4.69) is 15.5 Å². The van der Waals surface area contributed by atoms with E-state index in [0.717, 1.165) is 54.1 Å². The van der Waals surface area contributed by atoms with Gasteiger partial charge in [-0.05, 0) is 31.0 Å². The van der Waals surface area contributed by atoms with Gasteiger partial charge < -0.3 is 19.7 Å². The molecule has 0 atom stereocenters. The van der Waals surface area contributed by atoms with E-state index in [0.29, 0.717) is 18.8 Å². The van der Waals surface area contributed by atoms with Crippen molar-refractivity contribution >= 4 is 18.3 Å². The first-order valence-electron chi connectivity index (χ1n) is 9.00. The van der Waals surface area contributed by atoms with Crippen LogP contribution < -0.4 is 14.8 Å². The van der Waals surface area contributed by atoms with E-state index in [9.17, 15) is 4.79 Å². The minimum Gasteiger partial charge on any atom is -0.497 e. The highest BCUT2D eigenvalue weighted by Crippen LogP contribution is 2.33. The molecule has 2 aliphatic rings. The van der Waals surface area contributed by atoms with E-state index in [1.165, 1.54) is 0 Å². The van der Waals surface area contributed by atoms with E-state index in [-0.39, 0.29) is 24.4 Å². The van der Waals surface area contributed by atoms with Gasteiger partial charge in [-0.2, -0.15) is 5.10 Å². The summed E-state index contributed by atoms with van der Waals surface area (Å²) in [5.74, 6) is 1.50. The summed E-state index contributed by atoms with van der Waals surface area (Å²) in [7, 11) is 3.28. The molecule has 1 aliphatic heterocycles. The van der Waals surface area contributed by atoms with Crippen LogP contribution in [0.5, 0.6) is 11.5 Å². The van der Waals surface area contributed by atoms with Gasteiger partial charge in [-0.1, -0.05) is 0 Å². The molecule has 8 heteroatoms. The summed E-state index contributed by atoms with van der Waals surface area (Å²) in [6, 6.07) is 5.94. The van der Waals surface area contributed by atoms with Crippen LogP contribution in [-0.4, -0.2) is 47.8 Å². The second kappa shape index (κ2) is 8.19. The molecule has 1 amide bonds. The molecule has 1 aliphatic carbocycles. The first-order valence-corrected chi connectivity index (χ1v) is 9.00. The highest BCUT2D eigenvalue weighted by molar-refractivity contribution is 5.94. The molecular formula is C19H25ClN4O3. The highest BCUT2D eigenvalue weighted by atomic mass is 35.5. The monoisotopic (exact) mass is 392 g/mol. The van der Waals surface area contributed by atoms with Crippen LogP contribution in [0.4, 0.5) is 0 Å². The predicted octanol–water partition coefficient (Wildman–Crippen LogP) is 2.30. The number of fused-ring (bicyclic) bond motifs is 1. The van der Waals surface area contributed by atoms with E-state index in [4.69, 9.17) is 9.47 Å². The number of rotatable bonds is 6. The molecule has 1 aromatic carbocycles. The second-order valence-corrected chi connectivity index (χ2v) is 6.80. The average Bonchev–Trinajstić information content (AvgIpc) is 3.43. The van der Waals surface area contributed by atoms with Crippen LogP contribution in [0.1, 0.15) is 40.2 Å². The van der Waals surface area contributed by atoms with Gasteiger partial charge in [0.2, 0.25) is 0 Å². The highest BCUT2D eigenvalue weighted by Gasteiger charge is 2.36. The number of ether oxygens (including phenoxy) is 2. The number of benzene rings is 1. The first-order chi connectivity index (χ1) is 12.7. The third-order valence-electron chi connectivity index (χ3n) is 5.09. The molecule has 1 aromatic heterocycles. The number of methoxy groups -OCH3 is 2. The fraction of sp³-hybridized carbons (Fsp3) is 0.474. The Morgan fingerprint density at radius 2 is 2.11 bits per heavy atom. The number of nitrogens with zero attached hydrogens (tertiary/aromatic N) is 2. The maximum atomic E-state index is 13.3. The van der Waals surface area contributed by atoms with Crippen molar-refractivity contribution in [3.05, 3.63) is 40.7 Å². The molecule has 0 bridgehead atoms. The van der Waals surface area contributed by atoms with Gasteiger partial charge in [0.15, 0.2) is 5.69 Å². The van der Waals surface area contributed by atoms with Crippen molar-refractivity contribution in [2.75, 3.05) is 20.8 Å². The number of carbonyl (C=O) groups is 1. The van der Waals surface area contributed by atoms with E-state index in [1.807, 2.05) is 23.1 Å². The number of aromatic nitrogens is 2. The zero-order valence-electron chi connectivity index (χ0n) is 15.6. The molecule has 0 unspecified atom stereocenters. The van der Waals surface area contributed by atoms with Gasteiger partial charge in [-0.3, -0.25) is 9.89 Å². The van der Waals surface area contributed by atoms with Crippen molar-refractivity contribution in [1.82, 2.24) is 20.4 Å². The van der Waals surface area contributed by atoms with Crippen molar-refractivity contribution in [3.63, 3.8) is 0 Å². The van der Waals surface area contributed by atoms with Crippen LogP contribution in [0.2, 0.25) is 0 Å². The minimum absolute atomic E-state index is 0. The molecule has 2 aromatic rings. The van der Waals surface area contributed by atoms with Crippen LogP contribution in [0.25, 0.3) is 0 Å². The fourth-order valence-corrected chi connectivity index (χ4v) is 3.48. The Bertz CT molecular complexity index is 819. The molecule has 27 heavy (non-hydrogen) atoms. The summed E-state index contributed by atoms with van der Waals surface area (Å²) in [6.45, 7) is 2.09. The molecular weight excluding hydrogens is 368 g/mol. The molecule has 1 fully saturated rings. The number of H-pyrrole nitrogens is 1. The first kappa shape index (κ1) is 19.5. The number of aromatic amines is 1. The number of carbonyl (C=O) groups excluding carboxylic acids is 1. The zero-order valence-corrected chi connectivity index (χ0v) is 16.4. The third-order valence-corrected chi connectivity index (χ3v) is 5.09. The Hall–Kier alpha value is -2.25. The number of halogens is 1. The minimum atomic E-state index is -0.0152. The molecule has 1 saturated carbocycles. The maximum Gasteiger partial charge on any atom is 0.275 e. The van der Waals surface area contributed by atoms with Crippen LogP contribution >= 0.6 is 12.4 Å². The summed E-state index contributed by atoms with van der Waals surface area (Å²) in [5.41, 5.74) is 3.56. The van der Waals surface area contributed by atoms with Crippen LogP contribution in [0.15, 0.2) is 18.2 Å². The normalized spacial score (nSPS) is 15.5. The van der Waals surface area contributed by atoms with Crippen LogP contribution in [0, 0.1) is 0 Å². The summed E-state index contributed by atoms with van der Waals surface area (Å²) in [6.07, 6.45) is 2.94. The molecule has 146 valence electrons. The summed E-state index contributed by atoms with van der Waals surface area (Å²) < 4.78 is 10.8. The Kier molecular flexibility index (Phi) is 5.92.